The van der Waals surface area contributed by atoms with E-state index in [9.17, 15) is 13.2 Å². The number of likely N-dealkylation sites (tertiary alicyclic amines) is 1. The van der Waals surface area contributed by atoms with Crippen molar-refractivity contribution in [3.63, 3.8) is 0 Å². The third-order valence-corrected chi connectivity index (χ3v) is 7.31. The van der Waals surface area contributed by atoms with Gasteiger partial charge in [0.25, 0.3) is 5.91 Å². The van der Waals surface area contributed by atoms with E-state index in [0.717, 1.165) is 42.7 Å². The first-order valence-corrected chi connectivity index (χ1v) is 11.1. The van der Waals surface area contributed by atoms with E-state index in [2.05, 4.69) is 20.3 Å². The lowest BCUT2D eigenvalue weighted by Gasteiger charge is -2.28. The van der Waals surface area contributed by atoms with Crippen molar-refractivity contribution >= 4 is 26.8 Å². The minimum Gasteiger partial charge on any atom is -0.347 e. The van der Waals surface area contributed by atoms with Gasteiger partial charge in [-0.1, -0.05) is 0 Å². The first-order chi connectivity index (χ1) is 12.7. The molecule has 2 saturated heterocycles. The van der Waals surface area contributed by atoms with E-state index in [1.54, 1.807) is 17.8 Å². The Balaban J connectivity index is 1.66. The van der Waals surface area contributed by atoms with Crippen molar-refractivity contribution in [1.29, 1.82) is 0 Å². The molecule has 4 heterocycles. The monoisotopic (exact) mass is 391 g/mol. The van der Waals surface area contributed by atoms with Crippen molar-refractivity contribution < 1.29 is 13.2 Å². The van der Waals surface area contributed by atoms with Crippen LogP contribution in [0, 0.1) is 13.8 Å². The van der Waals surface area contributed by atoms with Crippen LogP contribution in [0.1, 0.15) is 34.6 Å². The van der Waals surface area contributed by atoms with Gasteiger partial charge in [-0.2, -0.15) is 5.10 Å². The van der Waals surface area contributed by atoms with E-state index < -0.39 is 9.84 Å². The van der Waals surface area contributed by atoms with Gasteiger partial charge in [0.2, 0.25) is 0 Å². The van der Waals surface area contributed by atoms with Crippen LogP contribution < -0.4 is 5.32 Å². The molecule has 1 N–H and O–H groups in total. The zero-order valence-electron chi connectivity index (χ0n) is 15.9. The Morgan fingerprint density at radius 2 is 1.93 bits per heavy atom. The first-order valence-electron chi connectivity index (χ1n) is 9.31. The van der Waals surface area contributed by atoms with Crippen LogP contribution in [0.15, 0.2) is 6.07 Å². The maximum atomic E-state index is 13.1. The maximum Gasteiger partial charge on any atom is 0.252 e. The number of pyridine rings is 1. The number of amides is 1. The second-order valence-electron chi connectivity index (χ2n) is 7.69. The molecule has 2 aliphatic heterocycles. The van der Waals surface area contributed by atoms with E-state index >= 15 is 0 Å². The quantitative estimate of drug-likeness (QED) is 0.822. The van der Waals surface area contributed by atoms with Gasteiger partial charge in [0.15, 0.2) is 15.5 Å². The summed E-state index contributed by atoms with van der Waals surface area (Å²) in [7, 11) is -1.35. The van der Waals surface area contributed by atoms with Crippen LogP contribution in [0.2, 0.25) is 0 Å². The molecule has 0 aliphatic carbocycles. The van der Waals surface area contributed by atoms with Gasteiger partial charge >= 0.3 is 0 Å². The molecule has 146 valence electrons. The topological polar surface area (TPSA) is 97.2 Å². The van der Waals surface area contributed by atoms with Crippen LogP contribution in [0.4, 0.5) is 0 Å². The molecule has 2 atom stereocenters. The summed E-state index contributed by atoms with van der Waals surface area (Å²) in [6.45, 7) is 5.48. The molecule has 0 radical (unpaired) electrons. The number of carbonyl (C=O) groups excluding carboxylic acids is 1. The zero-order chi connectivity index (χ0) is 19.3. The first kappa shape index (κ1) is 18.4. The van der Waals surface area contributed by atoms with Gasteiger partial charge in [0, 0.05) is 18.8 Å². The van der Waals surface area contributed by atoms with Gasteiger partial charge in [0.1, 0.15) is 0 Å². The maximum absolute atomic E-state index is 13.1. The third-order valence-electron chi connectivity index (χ3n) is 5.59. The Kier molecular flexibility index (Phi) is 4.46. The molecule has 0 bridgehead atoms. The predicted octanol–water partition coefficient (Wildman–Crippen LogP) is 0.576. The number of rotatable bonds is 3. The highest BCUT2D eigenvalue weighted by molar-refractivity contribution is 7.91. The number of aromatic nitrogens is 3. The number of hydrogen-bond acceptors (Lipinski definition) is 6. The van der Waals surface area contributed by atoms with Crippen molar-refractivity contribution in [3.8, 4) is 0 Å². The molecule has 0 saturated carbocycles. The van der Waals surface area contributed by atoms with Gasteiger partial charge in [-0.25, -0.2) is 13.4 Å². The van der Waals surface area contributed by atoms with Crippen molar-refractivity contribution in [2.24, 2.45) is 7.05 Å². The van der Waals surface area contributed by atoms with Crippen LogP contribution in [-0.2, 0) is 16.9 Å². The fourth-order valence-corrected chi connectivity index (χ4v) is 6.35. The fourth-order valence-electron chi connectivity index (χ4n) is 4.40. The van der Waals surface area contributed by atoms with E-state index in [1.807, 2.05) is 13.8 Å². The van der Waals surface area contributed by atoms with Crippen LogP contribution in [0.25, 0.3) is 11.0 Å². The molecule has 27 heavy (non-hydrogen) atoms. The largest absolute Gasteiger partial charge is 0.347 e. The molecule has 8 nitrogen and oxygen atoms in total. The minimum absolute atomic E-state index is 0.000856. The number of aryl methyl sites for hydroxylation is 3. The summed E-state index contributed by atoms with van der Waals surface area (Å²) < 4.78 is 26.2. The normalized spacial score (nSPS) is 25.3. The highest BCUT2D eigenvalue weighted by Gasteiger charge is 2.42. The van der Waals surface area contributed by atoms with Crippen molar-refractivity contribution in [3.05, 3.63) is 23.0 Å². The lowest BCUT2D eigenvalue weighted by molar-refractivity contribution is 0.0920. The summed E-state index contributed by atoms with van der Waals surface area (Å²) in [4.78, 5) is 19.8. The zero-order valence-corrected chi connectivity index (χ0v) is 16.7. The number of nitrogens with one attached hydrogen (secondary N) is 1. The Morgan fingerprint density at radius 1 is 1.22 bits per heavy atom. The van der Waals surface area contributed by atoms with Crippen molar-refractivity contribution in [1.82, 2.24) is 25.0 Å². The van der Waals surface area contributed by atoms with Crippen LogP contribution in [0.3, 0.4) is 0 Å². The number of hydrogen-bond donors (Lipinski definition) is 1. The summed E-state index contributed by atoms with van der Waals surface area (Å²) in [6.07, 6.45) is 2.16. The lowest BCUT2D eigenvalue weighted by atomic mass is 10.1. The summed E-state index contributed by atoms with van der Waals surface area (Å²) in [5.41, 5.74) is 2.63. The molecule has 0 aromatic carbocycles. The Morgan fingerprint density at radius 3 is 2.63 bits per heavy atom. The van der Waals surface area contributed by atoms with E-state index in [-0.39, 0.29) is 29.5 Å². The molecule has 2 unspecified atom stereocenters. The standard InChI is InChI=1S/C18H25N5O3S/c1-11-8-13(16-12(2)21-22(3)17(16)19-11)18(24)20-14-9-27(25,26)10-15(14)23-6-4-5-7-23/h8,14-15H,4-7,9-10H2,1-3H3,(H,20,24). The average molecular weight is 391 g/mol. The Hall–Kier alpha value is -2.00. The van der Waals surface area contributed by atoms with Gasteiger partial charge in [-0.15, -0.1) is 0 Å². The second-order valence-corrected chi connectivity index (χ2v) is 9.84. The summed E-state index contributed by atoms with van der Waals surface area (Å²) in [5, 5.41) is 8.11. The molecule has 2 fully saturated rings. The van der Waals surface area contributed by atoms with E-state index in [0.29, 0.717) is 11.2 Å². The summed E-state index contributed by atoms with van der Waals surface area (Å²) in [5.74, 6) is -0.138. The molecule has 2 aliphatic rings. The smallest absolute Gasteiger partial charge is 0.252 e. The van der Waals surface area contributed by atoms with E-state index in [4.69, 9.17) is 0 Å². The number of carbonyl (C=O) groups is 1. The van der Waals surface area contributed by atoms with E-state index in [1.165, 1.54) is 0 Å². The van der Waals surface area contributed by atoms with Crippen molar-refractivity contribution in [2.45, 2.75) is 38.8 Å². The molecule has 4 rings (SSSR count). The summed E-state index contributed by atoms with van der Waals surface area (Å²) in [6, 6.07) is 1.22. The average Bonchev–Trinajstić information content (AvgIpc) is 3.26. The SMILES string of the molecule is Cc1cc(C(=O)NC2CS(=O)(=O)CC2N2CCCC2)c2c(C)nn(C)c2n1. The number of fused-ring (bicyclic) bond motifs is 1. The molecule has 9 heteroatoms. The van der Waals surface area contributed by atoms with Gasteiger partial charge in [0.05, 0.1) is 34.2 Å². The minimum atomic E-state index is -3.15. The van der Waals surface area contributed by atoms with Gasteiger partial charge in [-0.3, -0.25) is 14.4 Å². The van der Waals surface area contributed by atoms with Crippen molar-refractivity contribution in [2.75, 3.05) is 24.6 Å². The molecular formula is C18H25N5O3S. The fraction of sp³-hybridized carbons (Fsp3) is 0.611. The van der Waals surface area contributed by atoms with Gasteiger partial charge in [-0.05, 0) is 45.8 Å². The predicted molar refractivity (Wildman–Crippen MR) is 102 cm³/mol. The lowest BCUT2D eigenvalue weighted by Crippen LogP contribution is -2.50. The molecule has 2 aromatic heterocycles. The number of sulfone groups is 1. The molecule has 2 aromatic rings. The molecule has 1 amide bonds. The highest BCUT2D eigenvalue weighted by Crippen LogP contribution is 2.25. The molecular weight excluding hydrogens is 366 g/mol. The van der Waals surface area contributed by atoms with Crippen LogP contribution in [0.5, 0.6) is 0 Å². The molecule has 0 spiro atoms. The summed E-state index contributed by atoms with van der Waals surface area (Å²) >= 11 is 0. The Bertz CT molecular complexity index is 1010. The third kappa shape index (κ3) is 3.34. The highest BCUT2D eigenvalue weighted by atomic mass is 32.2. The van der Waals surface area contributed by atoms with Gasteiger partial charge < -0.3 is 5.32 Å². The second kappa shape index (κ2) is 6.56. The number of nitrogens with zero attached hydrogens (tertiary/aromatic N) is 4. The van der Waals surface area contributed by atoms with Crippen LogP contribution in [-0.4, -0.2) is 70.7 Å². The Labute approximate surface area is 158 Å². The van der Waals surface area contributed by atoms with Crippen LogP contribution >= 0.6 is 0 Å².